The molecule has 6 nitrogen and oxygen atoms in total. The minimum Gasteiger partial charge on any atom is -0.481 e. The van der Waals surface area contributed by atoms with Crippen molar-refractivity contribution in [1.82, 2.24) is 15.1 Å². The van der Waals surface area contributed by atoms with Crippen LogP contribution >= 0.6 is 0 Å². The van der Waals surface area contributed by atoms with E-state index in [1.165, 1.54) is 0 Å². The van der Waals surface area contributed by atoms with Crippen LogP contribution in [0.15, 0.2) is 0 Å². The van der Waals surface area contributed by atoms with Crippen molar-refractivity contribution in [3.8, 4) is 0 Å². The van der Waals surface area contributed by atoms with Crippen molar-refractivity contribution in [3.05, 3.63) is 0 Å². The number of carbonyl (C=O) groups is 2. The Morgan fingerprint density at radius 2 is 1.86 bits per heavy atom. The Hall–Kier alpha value is -1.30. The fraction of sp³-hybridized carbons (Fsp3) is 0.867. The van der Waals surface area contributed by atoms with E-state index in [1.54, 1.807) is 4.90 Å². The highest BCUT2D eigenvalue weighted by atomic mass is 16.4. The predicted molar refractivity (Wildman–Crippen MR) is 82.3 cm³/mol. The molecule has 1 atom stereocenters. The second kappa shape index (κ2) is 7.64. The summed E-state index contributed by atoms with van der Waals surface area (Å²) in [5.41, 5.74) is -0.0703. The number of hydrogen-bond acceptors (Lipinski definition) is 3. The smallest absolute Gasteiger partial charge is 0.317 e. The van der Waals surface area contributed by atoms with Crippen LogP contribution in [0.4, 0.5) is 4.79 Å². The van der Waals surface area contributed by atoms with Crippen molar-refractivity contribution >= 4 is 12.0 Å². The molecule has 0 saturated carbocycles. The maximum atomic E-state index is 12.2. The number of likely N-dealkylation sites (N-methyl/N-ethyl adjacent to an activating group) is 1. The third-order valence-electron chi connectivity index (χ3n) is 3.71. The highest BCUT2D eigenvalue weighted by molar-refractivity contribution is 5.76. The number of nitrogens with one attached hydrogen (secondary N) is 1. The van der Waals surface area contributed by atoms with Gasteiger partial charge >= 0.3 is 12.0 Å². The zero-order valence-electron chi connectivity index (χ0n) is 13.7. The van der Waals surface area contributed by atoms with Gasteiger partial charge in [-0.1, -0.05) is 20.8 Å². The molecule has 0 aromatic carbocycles. The Kier molecular flexibility index (Phi) is 6.45. The number of aliphatic carboxylic acids is 1. The first-order chi connectivity index (χ1) is 9.69. The lowest BCUT2D eigenvalue weighted by Crippen LogP contribution is -2.44. The van der Waals surface area contributed by atoms with Crippen molar-refractivity contribution in [2.24, 2.45) is 11.3 Å². The number of rotatable bonds is 4. The Labute approximate surface area is 127 Å². The SMILES string of the molecule is CN1CCCN(C(=O)NCC(CC(C)(C)C)C(=O)O)CC1. The Morgan fingerprint density at radius 3 is 2.43 bits per heavy atom. The summed E-state index contributed by atoms with van der Waals surface area (Å²) in [6.45, 7) is 9.49. The zero-order valence-corrected chi connectivity index (χ0v) is 13.7. The number of nitrogens with zero attached hydrogens (tertiary/aromatic N) is 2. The monoisotopic (exact) mass is 299 g/mol. The lowest BCUT2D eigenvalue weighted by molar-refractivity contribution is -0.142. The van der Waals surface area contributed by atoms with Crippen LogP contribution < -0.4 is 5.32 Å². The van der Waals surface area contributed by atoms with Gasteiger partial charge in [0.05, 0.1) is 5.92 Å². The summed E-state index contributed by atoms with van der Waals surface area (Å²) in [6, 6.07) is -0.148. The average Bonchev–Trinajstić information content (AvgIpc) is 2.57. The number of carboxylic acid groups (broad SMARTS) is 1. The Morgan fingerprint density at radius 1 is 1.19 bits per heavy atom. The molecule has 6 heteroatoms. The van der Waals surface area contributed by atoms with Gasteiger partial charge < -0.3 is 20.2 Å². The van der Waals surface area contributed by atoms with E-state index >= 15 is 0 Å². The van der Waals surface area contributed by atoms with Crippen LogP contribution in [0.5, 0.6) is 0 Å². The summed E-state index contributed by atoms with van der Waals surface area (Å²) in [4.78, 5) is 27.4. The van der Waals surface area contributed by atoms with Crippen LogP contribution in [-0.2, 0) is 4.79 Å². The van der Waals surface area contributed by atoms with Gasteiger partial charge in [-0.15, -0.1) is 0 Å². The molecule has 0 bridgehead atoms. The van der Waals surface area contributed by atoms with Gasteiger partial charge in [0.15, 0.2) is 0 Å². The summed E-state index contributed by atoms with van der Waals surface area (Å²) in [5, 5.41) is 12.1. The molecule has 0 radical (unpaired) electrons. The van der Waals surface area contributed by atoms with E-state index in [0.717, 1.165) is 26.1 Å². The molecule has 0 aliphatic carbocycles. The summed E-state index contributed by atoms with van der Waals surface area (Å²) in [6.07, 6.45) is 1.50. The molecule has 21 heavy (non-hydrogen) atoms. The van der Waals surface area contributed by atoms with Gasteiger partial charge in [0.2, 0.25) is 0 Å². The maximum Gasteiger partial charge on any atom is 0.317 e. The third-order valence-corrected chi connectivity index (χ3v) is 3.71. The fourth-order valence-electron chi connectivity index (χ4n) is 2.56. The standard InChI is InChI=1S/C15H29N3O3/c1-15(2,3)10-12(13(19)20)11-16-14(21)18-7-5-6-17(4)8-9-18/h12H,5-11H2,1-4H3,(H,16,21)(H,19,20). The molecule has 1 fully saturated rings. The molecule has 1 unspecified atom stereocenters. The number of carbonyl (C=O) groups excluding carboxylic acids is 1. The summed E-state index contributed by atoms with van der Waals surface area (Å²) >= 11 is 0. The average molecular weight is 299 g/mol. The van der Waals surface area contributed by atoms with Gasteiger partial charge in [0.1, 0.15) is 0 Å². The molecule has 1 heterocycles. The van der Waals surface area contributed by atoms with Gasteiger partial charge in [-0.2, -0.15) is 0 Å². The molecule has 1 aliphatic rings. The van der Waals surface area contributed by atoms with Gasteiger partial charge in [0, 0.05) is 26.2 Å². The van der Waals surface area contributed by atoms with Crippen molar-refractivity contribution in [1.29, 1.82) is 0 Å². The van der Waals surface area contributed by atoms with Crippen LogP contribution in [0.2, 0.25) is 0 Å². The minimum atomic E-state index is -0.846. The molecule has 2 N–H and O–H groups in total. The molecule has 122 valence electrons. The fourth-order valence-corrected chi connectivity index (χ4v) is 2.56. The van der Waals surface area contributed by atoms with E-state index in [1.807, 2.05) is 27.8 Å². The minimum absolute atomic E-state index is 0.0703. The van der Waals surface area contributed by atoms with E-state index in [-0.39, 0.29) is 18.0 Å². The molecule has 1 rings (SSSR count). The summed E-state index contributed by atoms with van der Waals surface area (Å²) < 4.78 is 0. The van der Waals surface area contributed by atoms with Gasteiger partial charge in [0.25, 0.3) is 0 Å². The predicted octanol–water partition coefficient (Wildman–Crippen LogP) is 1.47. The van der Waals surface area contributed by atoms with Crippen LogP contribution in [0.1, 0.15) is 33.6 Å². The quantitative estimate of drug-likeness (QED) is 0.824. The molecule has 1 aliphatic heterocycles. The van der Waals surface area contributed by atoms with Crippen LogP contribution in [0.3, 0.4) is 0 Å². The normalized spacial score (nSPS) is 19.0. The van der Waals surface area contributed by atoms with Crippen LogP contribution in [0, 0.1) is 11.3 Å². The molecule has 0 aromatic rings. The number of hydrogen-bond donors (Lipinski definition) is 2. The maximum absolute atomic E-state index is 12.2. The molecule has 0 spiro atoms. The lowest BCUT2D eigenvalue weighted by atomic mass is 9.84. The van der Waals surface area contributed by atoms with Crippen molar-refractivity contribution < 1.29 is 14.7 Å². The van der Waals surface area contributed by atoms with E-state index in [2.05, 4.69) is 10.2 Å². The zero-order chi connectivity index (χ0) is 16.0. The second-order valence-electron chi connectivity index (χ2n) is 7.13. The van der Waals surface area contributed by atoms with Crippen LogP contribution in [-0.4, -0.2) is 66.7 Å². The van der Waals surface area contributed by atoms with Gasteiger partial charge in [-0.3, -0.25) is 4.79 Å². The third kappa shape index (κ3) is 6.80. The number of carboxylic acids is 1. The highest BCUT2D eigenvalue weighted by Crippen LogP contribution is 2.24. The summed E-state index contributed by atoms with van der Waals surface area (Å²) in [5.74, 6) is -1.38. The van der Waals surface area contributed by atoms with E-state index in [0.29, 0.717) is 13.0 Å². The number of amides is 2. The van der Waals surface area contributed by atoms with E-state index in [4.69, 9.17) is 0 Å². The largest absolute Gasteiger partial charge is 0.481 e. The first kappa shape index (κ1) is 17.8. The summed E-state index contributed by atoms with van der Waals surface area (Å²) in [7, 11) is 2.05. The van der Waals surface area contributed by atoms with E-state index < -0.39 is 11.9 Å². The molecule has 1 saturated heterocycles. The van der Waals surface area contributed by atoms with Crippen molar-refractivity contribution in [2.45, 2.75) is 33.6 Å². The first-order valence-corrected chi connectivity index (χ1v) is 7.63. The molecule has 0 aromatic heterocycles. The lowest BCUT2D eigenvalue weighted by Gasteiger charge is -2.25. The second-order valence-corrected chi connectivity index (χ2v) is 7.13. The highest BCUT2D eigenvalue weighted by Gasteiger charge is 2.26. The first-order valence-electron chi connectivity index (χ1n) is 7.63. The van der Waals surface area contributed by atoms with Crippen molar-refractivity contribution in [2.75, 3.05) is 39.8 Å². The van der Waals surface area contributed by atoms with Gasteiger partial charge in [-0.25, -0.2) is 4.79 Å². The van der Waals surface area contributed by atoms with Gasteiger partial charge in [-0.05, 0) is 31.8 Å². The molecular weight excluding hydrogens is 270 g/mol. The Bertz CT molecular complexity index is 366. The van der Waals surface area contributed by atoms with Crippen LogP contribution in [0.25, 0.3) is 0 Å². The van der Waals surface area contributed by atoms with Crippen molar-refractivity contribution in [3.63, 3.8) is 0 Å². The topological polar surface area (TPSA) is 72.9 Å². The molecular formula is C15H29N3O3. The molecule has 2 amide bonds. The van der Waals surface area contributed by atoms with E-state index in [9.17, 15) is 14.7 Å². The number of urea groups is 1. The Balaban J connectivity index is 2.47.